The van der Waals surface area contributed by atoms with E-state index in [1.165, 1.54) is 11.1 Å². The smallest absolute Gasteiger partial charge is 0.288 e. The number of allylic oxidation sites excluding steroid dienone is 1. The lowest BCUT2D eigenvalue weighted by atomic mass is 9.64. The Kier molecular flexibility index (Phi) is 5.62. The van der Waals surface area contributed by atoms with E-state index in [1.807, 2.05) is 12.1 Å². The standard InChI is InChI=1S/C27H36N6O4S/c1-24(2)19-8-10-26(24,27(35,15-19)16-29-22(34)21-30-23(28)32-31-21)17-38(36,37)33-13-11-25(12-14-33)9-7-18-5-3-4-6-20(18)25/h3-7,9,19,35H,8,10-17H2,1-2H3,(H,29,34)(H3,28,30,31,32)/t19-,26+,27+/m1/s1. The Morgan fingerprint density at radius 2 is 1.97 bits per heavy atom. The number of carbonyl (C=O) groups is 1. The fourth-order valence-corrected chi connectivity index (χ4v) is 10.4. The van der Waals surface area contributed by atoms with Gasteiger partial charge in [-0.15, -0.1) is 5.10 Å². The van der Waals surface area contributed by atoms with Gasteiger partial charge in [0.15, 0.2) is 0 Å². The van der Waals surface area contributed by atoms with Gasteiger partial charge in [0.05, 0.1) is 11.4 Å². The molecule has 1 amide bonds. The lowest BCUT2D eigenvalue weighted by molar-refractivity contribution is -0.0839. The van der Waals surface area contributed by atoms with Crippen molar-refractivity contribution in [2.75, 3.05) is 31.1 Å². The van der Waals surface area contributed by atoms with Crippen molar-refractivity contribution in [1.82, 2.24) is 24.8 Å². The van der Waals surface area contributed by atoms with Gasteiger partial charge in [-0.25, -0.2) is 12.7 Å². The maximum atomic E-state index is 14.0. The van der Waals surface area contributed by atoms with Crippen molar-refractivity contribution in [3.05, 3.63) is 47.3 Å². The highest BCUT2D eigenvalue weighted by Gasteiger charge is 2.72. The van der Waals surface area contributed by atoms with Gasteiger partial charge in [-0.3, -0.25) is 9.89 Å². The minimum absolute atomic E-state index is 0.0417. The van der Waals surface area contributed by atoms with Gasteiger partial charge in [-0.05, 0) is 54.6 Å². The second kappa shape index (κ2) is 8.37. The topological polar surface area (TPSA) is 154 Å². The second-order valence-electron chi connectivity index (χ2n) is 12.2. The van der Waals surface area contributed by atoms with Gasteiger partial charge >= 0.3 is 0 Å². The molecule has 0 unspecified atom stereocenters. The normalized spacial score (nSPS) is 31.1. The zero-order valence-electron chi connectivity index (χ0n) is 21.9. The molecule has 6 rings (SSSR count). The SMILES string of the molecule is CC1(C)[C@@H]2CC[C@@]1(CS(=O)(=O)N1CCC3(C=Cc4ccccc43)CC1)[C@@](O)(CNC(=O)c1nc(N)n[nH]1)C2. The van der Waals surface area contributed by atoms with Crippen LogP contribution in [0.5, 0.6) is 0 Å². The van der Waals surface area contributed by atoms with Gasteiger partial charge in [0.1, 0.15) is 0 Å². The average molecular weight is 541 g/mol. The van der Waals surface area contributed by atoms with E-state index in [9.17, 15) is 18.3 Å². The third-order valence-electron chi connectivity index (χ3n) is 10.4. The molecule has 1 aliphatic heterocycles. The number of nitrogens with zero attached hydrogens (tertiary/aromatic N) is 3. The lowest BCUT2D eigenvalue weighted by Crippen LogP contribution is -2.60. The molecule has 2 saturated carbocycles. The largest absolute Gasteiger partial charge is 0.387 e. The molecule has 1 saturated heterocycles. The van der Waals surface area contributed by atoms with Crippen LogP contribution in [0.4, 0.5) is 5.95 Å². The summed E-state index contributed by atoms with van der Waals surface area (Å²) in [6.45, 7) is 4.98. The molecule has 10 nitrogen and oxygen atoms in total. The molecule has 1 spiro atoms. The maximum Gasteiger partial charge on any atom is 0.288 e. The number of hydrogen-bond donors (Lipinski definition) is 4. The van der Waals surface area contributed by atoms with Gasteiger partial charge in [0.25, 0.3) is 5.91 Å². The summed E-state index contributed by atoms with van der Waals surface area (Å²) < 4.78 is 29.6. The quantitative estimate of drug-likeness (QED) is 0.437. The summed E-state index contributed by atoms with van der Waals surface area (Å²) in [5, 5.41) is 20.9. The van der Waals surface area contributed by atoms with E-state index in [1.54, 1.807) is 4.31 Å². The van der Waals surface area contributed by atoms with E-state index in [4.69, 9.17) is 5.73 Å². The number of fused-ring (bicyclic) bond motifs is 4. The summed E-state index contributed by atoms with van der Waals surface area (Å²) in [6.07, 6.45) is 7.77. The van der Waals surface area contributed by atoms with Crippen molar-refractivity contribution >= 4 is 28.0 Å². The first-order valence-corrected chi connectivity index (χ1v) is 15.0. The number of benzene rings is 1. The molecule has 3 fully saturated rings. The molecule has 3 aliphatic carbocycles. The van der Waals surface area contributed by atoms with E-state index < -0.39 is 32.4 Å². The van der Waals surface area contributed by atoms with Gasteiger partial charge in [-0.1, -0.05) is 50.3 Å². The monoisotopic (exact) mass is 540 g/mol. The van der Waals surface area contributed by atoms with E-state index in [2.05, 4.69) is 58.6 Å². The highest BCUT2D eigenvalue weighted by Crippen LogP contribution is 2.70. The molecule has 1 aromatic heterocycles. The molecule has 38 heavy (non-hydrogen) atoms. The number of H-pyrrole nitrogens is 1. The number of hydrogen-bond acceptors (Lipinski definition) is 7. The summed E-state index contributed by atoms with van der Waals surface area (Å²) in [6, 6.07) is 8.34. The molecule has 3 atom stereocenters. The molecule has 2 bridgehead atoms. The number of aliphatic hydroxyl groups is 1. The number of nitrogen functional groups attached to an aromatic ring is 1. The fourth-order valence-electron chi connectivity index (χ4n) is 8.04. The van der Waals surface area contributed by atoms with Gasteiger partial charge < -0.3 is 16.2 Å². The van der Waals surface area contributed by atoms with E-state index >= 15 is 0 Å². The first-order valence-electron chi connectivity index (χ1n) is 13.4. The zero-order valence-corrected chi connectivity index (χ0v) is 22.7. The number of aromatic nitrogens is 3. The fraction of sp³-hybridized carbons (Fsp3) is 0.593. The van der Waals surface area contributed by atoms with Crippen molar-refractivity contribution in [2.45, 2.75) is 57.0 Å². The first-order chi connectivity index (χ1) is 17.9. The number of aromatic amines is 1. The molecule has 2 aromatic rings. The number of piperidine rings is 1. The van der Waals surface area contributed by atoms with Gasteiger partial charge in [0.2, 0.25) is 21.8 Å². The maximum absolute atomic E-state index is 14.0. The van der Waals surface area contributed by atoms with Crippen LogP contribution in [-0.4, -0.2) is 69.9 Å². The van der Waals surface area contributed by atoms with Crippen LogP contribution in [0.2, 0.25) is 0 Å². The number of anilines is 1. The average Bonchev–Trinajstić information content (AvgIpc) is 3.57. The van der Waals surface area contributed by atoms with Crippen molar-refractivity contribution in [2.24, 2.45) is 16.7 Å². The van der Waals surface area contributed by atoms with Crippen LogP contribution in [0.15, 0.2) is 30.3 Å². The molecule has 204 valence electrons. The van der Waals surface area contributed by atoms with E-state index in [0.29, 0.717) is 25.9 Å². The van der Waals surface area contributed by atoms with Crippen LogP contribution in [0, 0.1) is 16.7 Å². The Hall–Kier alpha value is -2.76. The van der Waals surface area contributed by atoms with Crippen molar-refractivity contribution in [1.29, 1.82) is 0 Å². The van der Waals surface area contributed by atoms with Crippen LogP contribution in [0.25, 0.3) is 6.08 Å². The second-order valence-corrected chi connectivity index (χ2v) is 14.2. The molecular formula is C27H36N6O4S. The molecule has 2 heterocycles. The van der Waals surface area contributed by atoms with Gasteiger partial charge in [-0.2, -0.15) is 4.98 Å². The zero-order chi connectivity index (χ0) is 27.0. The predicted octanol–water partition coefficient (Wildman–Crippen LogP) is 2.06. The third kappa shape index (κ3) is 3.58. The lowest BCUT2D eigenvalue weighted by Gasteiger charge is -2.49. The number of nitrogens with two attached hydrogens (primary N) is 1. The molecule has 4 aliphatic rings. The summed E-state index contributed by atoms with van der Waals surface area (Å²) in [7, 11) is -3.67. The number of sulfonamides is 1. The first kappa shape index (κ1) is 25.5. The van der Waals surface area contributed by atoms with Crippen molar-refractivity contribution in [3.8, 4) is 0 Å². The highest BCUT2D eigenvalue weighted by molar-refractivity contribution is 7.89. The van der Waals surface area contributed by atoms with E-state index in [-0.39, 0.29) is 35.4 Å². The number of rotatable bonds is 6. The summed E-state index contributed by atoms with van der Waals surface area (Å²) in [5.41, 5.74) is 5.25. The van der Waals surface area contributed by atoms with Crippen LogP contribution in [-0.2, 0) is 15.4 Å². The van der Waals surface area contributed by atoms with Crippen LogP contribution >= 0.6 is 0 Å². The minimum atomic E-state index is -3.67. The van der Waals surface area contributed by atoms with E-state index in [0.717, 1.165) is 19.3 Å². The molecule has 11 heteroatoms. The summed E-state index contributed by atoms with van der Waals surface area (Å²) >= 11 is 0. The van der Waals surface area contributed by atoms with Crippen LogP contribution in [0.3, 0.4) is 0 Å². The Labute approximate surface area is 223 Å². The predicted molar refractivity (Wildman–Crippen MR) is 143 cm³/mol. The van der Waals surface area contributed by atoms with Gasteiger partial charge in [0, 0.05) is 30.5 Å². The number of amides is 1. The Morgan fingerprint density at radius 3 is 2.66 bits per heavy atom. The Bertz CT molecular complexity index is 1410. The molecular weight excluding hydrogens is 504 g/mol. The molecule has 1 aromatic carbocycles. The minimum Gasteiger partial charge on any atom is -0.387 e. The van der Waals surface area contributed by atoms with Crippen molar-refractivity contribution in [3.63, 3.8) is 0 Å². The van der Waals surface area contributed by atoms with Crippen molar-refractivity contribution < 1.29 is 18.3 Å². The molecule has 0 radical (unpaired) electrons. The summed E-state index contributed by atoms with van der Waals surface area (Å²) in [4.78, 5) is 16.5. The van der Waals surface area contributed by atoms with Crippen LogP contribution in [0.1, 0.15) is 67.7 Å². The molecule has 5 N–H and O–H groups in total. The Morgan fingerprint density at radius 1 is 1.24 bits per heavy atom. The summed E-state index contributed by atoms with van der Waals surface area (Å²) in [5.74, 6) is -0.583. The highest BCUT2D eigenvalue weighted by atomic mass is 32.2. The number of nitrogens with one attached hydrogen (secondary N) is 2. The third-order valence-corrected chi connectivity index (χ3v) is 12.4. The number of carbonyl (C=O) groups excluding carboxylic acids is 1. The van der Waals surface area contributed by atoms with Crippen LogP contribution < -0.4 is 11.1 Å². The Balaban J connectivity index is 1.21.